The lowest BCUT2D eigenvalue weighted by atomic mass is 9.94. The predicted molar refractivity (Wildman–Crippen MR) is 90.1 cm³/mol. The molecule has 2 aromatic rings. The molecule has 0 N–H and O–H groups in total. The van der Waals surface area contributed by atoms with E-state index in [4.69, 9.17) is 19.0 Å². The van der Waals surface area contributed by atoms with E-state index in [2.05, 4.69) is 0 Å². The average Bonchev–Trinajstić information content (AvgIpc) is 2.64. The molecule has 2 aromatic carbocycles. The van der Waals surface area contributed by atoms with Gasteiger partial charge in [-0.25, -0.2) is 0 Å². The number of imide groups is 1. The van der Waals surface area contributed by atoms with Gasteiger partial charge in [0.2, 0.25) is 0 Å². The first kappa shape index (κ1) is 17.7. The predicted octanol–water partition coefficient (Wildman–Crippen LogP) is 1.95. The van der Waals surface area contributed by atoms with Gasteiger partial charge in [0.15, 0.2) is 0 Å². The molecule has 3 rings (SSSR count). The average molecular weight is 359 g/mol. The second kappa shape index (κ2) is 7.01. The fraction of sp³-hybridized carbons (Fsp3) is 0.278. The molecule has 0 saturated heterocycles. The van der Waals surface area contributed by atoms with Crippen molar-refractivity contribution in [3.05, 3.63) is 35.4 Å². The zero-order chi connectivity index (χ0) is 18.8. The number of ether oxygens (including phenoxy) is 3. The van der Waals surface area contributed by atoms with Crippen LogP contribution in [0.25, 0.3) is 10.8 Å². The van der Waals surface area contributed by atoms with E-state index in [9.17, 15) is 14.4 Å². The highest BCUT2D eigenvalue weighted by molar-refractivity contribution is 6.26. The van der Waals surface area contributed by atoms with Crippen molar-refractivity contribution in [1.82, 2.24) is 5.06 Å². The maximum atomic E-state index is 12.7. The Hall–Kier alpha value is -3.13. The Labute approximate surface area is 149 Å². The van der Waals surface area contributed by atoms with E-state index in [0.717, 1.165) is 0 Å². The Kier molecular flexibility index (Phi) is 4.77. The Morgan fingerprint density at radius 1 is 0.885 bits per heavy atom. The van der Waals surface area contributed by atoms with E-state index in [1.54, 1.807) is 24.3 Å². The van der Waals surface area contributed by atoms with Crippen LogP contribution in [0.2, 0.25) is 0 Å². The van der Waals surface area contributed by atoms with E-state index in [-0.39, 0.29) is 13.2 Å². The SMILES string of the molecule is COc1ccc2c3c(ccc(OC)c13)C(=O)N(OCCOC(C)=O)C2=O. The summed E-state index contributed by atoms with van der Waals surface area (Å²) in [5.41, 5.74) is 0.587. The number of hydrogen-bond acceptors (Lipinski definition) is 7. The second-order valence-electron chi connectivity index (χ2n) is 5.46. The van der Waals surface area contributed by atoms with Gasteiger partial charge in [0.25, 0.3) is 11.8 Å². The van der Waals surface area contributed by atoms with Gasteiger partial charge in [-0.1, -0.05) is 0 Å². The molecule has 0 fully saturated rings. The van der Waals surface area contributed by atoms with Crippen molar-refractivity contribution in [3.63, 3.8) is 0 Å². The molecular weight excluding hydrogens is 342 g/mol. The maximum Gasteiger partial charge on any atom is 0.302 e. The minimum Gasteiger partial charge on any atom is -0.496 e. The lowest BCUT2D eigenvalue weighted by Crippen LogP contribution is -2.41. The van der Waals surface area contributed by atoms with Crippen molar-refractivity contribution in [2.45, 2.75) is 6.92 Å². The molecule has 0 aromatic heterocycles. The normalized spacial score (nSPS) is 13.1. The summed E-state index contributed by atoms with van der Waals surface area (Å²) in [7, 11) is 3.00. The molecule has 0 unspecified atom stereocenters. The molecule has 1 aliphatic heterocycles. The Bertz CT molecular complexity index is 847. The monoisotopic (exact) mass is 359 g/mol. The van der Waals surface area contributed by atoms with Gasteiger partial charge in [-0.05, 0) is 24.3 Å². The molecule has 8 nitrogen and oxygen atoms in total. The standard InChI is InChI=1S/C18H17NO7/c1-10(20)25-8-9-26-19-17(21)11-4-6-13(23-2)16-14(24-3)7-5-12(15(11)16)18(19)22/h4-7H,8-9H2,1-3H3. The summed E-state index contributed by atoms with van der Waals surface area (Å²) in [6.45, 7) is 1.07. The minimum atomic E-state index is -0.605. The highest BCUT2D eigenvalue weighted by Crippen LogP contribution is 2.40. The summed E-state index contributed by atoms with van der Waals surface area (Å²) in [5, 5.41) is 1.68. The number of methoxy groups -OCH3 is 2. The maximum absolute atomic E-state index is 12.7. The van der Waals surface area contributed by atoms with Gasteiger partial charge in [-0.3, -0.25) is 19.2 Å². The van der Waals surface area contributed by atoms with Crippen LogP contribution in [0.5, 0.6) is 11.5 Å². The molecule has 8 heteroatoms. The van der Waals surface area contributed by atoms with Crippen LogP contribution < -0.4 is 9.47 Å². The molecule has 2 amide bonds. The fourth-order valence-corrected chi connectivity index (χ4v) is 2.87. The summed E-state index contributed by atoms with van der Waals surface area (Å²) in [6, 6.07) is 6.41. The highest BCUT2D eigenvalue weighted by atomic mass is 16.7. The quantitative estimate of drug-likeness (QED) is 0.442. The summed E-state index contributed by atoms with van der Waals surface area (Å²) >= 11 is 0. The van der Waals surface area contributed by atoms with E-state index >= 15 is 0 Å². The van der Waals surface area contributed by atoms with Crippen LogP contribution in [-0.4, -0.2) is 50.3 Å². The first-order valence-corrected chi connectivity index (χ1v) is 7.82. The van der Waals surface area contributed by atoms with Gasteiger partial charge >= 0.3 is 5.97 Å². The number of hydrogen-bond donors (Lipinski definition) is 0. The summed E-state index contributed by atoms with van der Waals surface area (Å²) in [5.74, 6) is -0.698. The van der Waals surface area contributed by atoms with Gasteiger partial charge in [0, 0.05) is 12.3 Å². The number of esters is 1. The highest BCUT2D eigenvalue weighted by Gasteiger charge is 2.35. The zero-order valence-electron chi connectivity index (χ0n) is 14.5. The van der Waals surface area contributed by atoms with Gasteiger partial charge < -0.3 is 14.2 Å². The van der Waals surface area contributed by atoms with Crippen LogP contribution in [0.3, 0.4) is 0 Å². The summed E-state index contributed by atoms with van der Waals surface area (Å²) in [4.78, 5) is 41.5. The van der Waals surface area contributed by atoms with E-state index < -0.39 is 17.8 Å². The van der Waals surface area contributed by atoms with E-state index in [1.165, 1.54) is 21.1 Å². The Morgan fingerprint density at radius 3 is 1.88 bits per heavy atom. The smallest absolute Gasteiger partial charge is 0.302 e. The lowest BCUT2D eigenvalue weighted by Gasteiger charge is -2.27. The van der Waals surface area contributed by atoms with Crippen molar-refractivity contribution in [3.8, 4) is 11.5 Å². The third-order valence-electron chi connectivity index (χ3n) is 3.96. The van der Waals surface area contributed by atoms with Crippen LogP contribution >= 0.6 is 0 Å². The number of carbonyl (C=O) groups excluding carboxylic acids is 3. The van der Waals surface area contributed by atoms with Gasteiger partial charge in [-0.15, -0.1) is 5.06 Å². The van der Waals surface area contributed by atoms with Gasteiger partial charge in [0.05, 0.1) is 30.7 Å². The van der Waals surface area contributed by atoms with Crippen LogP contribution in [0, 0.1) is 0 Å². The van der Waals surface area contributed by atoms with Crippen LogP contribution in [-0.2, 0) is 14.4 Å². The van der Waals surface area contributed by atoms with Crippen molar-refractivity contribution >= 4 is 28.6 Å². The molecular formula is C18H17NO7. The van der Waals surface area contributed by atoms with Gasteiger partial charge in [-0.2, -0.15) is 0 Å². The second-order valence-corrected chi connectivity index (χ2v) is 5.46. The van der Waals surface area contributed by atoms with Crippen molar-refractivity contribution < 1.29 is 33.4 Å². The topological polar surface area (TPSA) is 91.4 Å². The number of hydroxylamine groups is 2. The number of carbonyl (C=O) groups is 3. The molecule has 0 atom stereocenters. The molecule has 0 bridgehead atoms. The van der Waals surface area contributed by atoms with Crippen LogP contribution in [0.15, 0.2) is 24.3 Å². The Morgan fingerprint density at radius 2 is 1.42 bits per heavy atom. The third kappa shape index (κ3) is 2.84. The molecule has 0 saturated carbocycles. The number of amides is 2. The summed E-state index contributed by atoms with van der Waals surface area (Å²) in [6.07, 6.45) is 0. The first-order valence-electron chi connectivity index (χ1n) is 7.82. The number of rotatable bonds is 6. The van der Waals surface area contributed by atoms with E-state index in [1.807, 2.05) is 0 Å². The van der Waals surface area contributed by atoms with Crippen molar-refractivity contribution in [2.75, 3.05) is 27.4 Å². The molecule has 0 radical (unpaired) electrons. The summed E-state index contributed by atoms with van der Waals surface area (Å²) < 4.78 is 15.4. The van der Waals surface area contributed by atoms with Crippen LogP contribution in [0.1, 0.15) is 27.6 Å². The largest absolute Gasteiger partial charge is 0.496 e. The zero-order valence-corrected chi connectivity index (χ0v) is 14.5. The van der Waals surface area contributed by atoms with Crippen LogP contribution in [0.4, 0.5) is 0 Å². The van der Waals surface area contributed by atoms with E-state index in [0.29, 0.717) is 38.5 Å². The molecule has 0 aliphatic carbocycles. The fourth-order valence-electron chi connectivity index (χ4n) is 2.87. The minimum absolute atomic E-state index is 0.0696. The molecule has 26 heavy (non-hydrogen) atoms. The van der Waals surface area contributed by atoms with Crippen molar-refractivity contribution in [1.29, 1.82) is 0 Å². The lowest BCUT2D eigenvalue weighted by molar-refractivity contribution is -0.148. The third-order valence-corrected chi connectivity index (χ3v) is 3.96. The number of nitrogens with zero attached hydrogens (tertiary/aromatic N) is 1. The molecule has 136 valence electrons. The molecule has 1 aliphatic rings. The number of benzene rings is 2. The molecule has 0 spiro atoms. The Balaban J connectivity index is 2.03. The first-order chi connectivity index (χ1) is 12.5. The molecule has 1 heterocycles. The van der Waals surface area contributed by atoms with Gasteiger partial charge in [0.1, 0.15) is 24.7 Å². The van der Waals surface area contributed by atoms with Crippen molar-refractivity contribution in [2.24, 2.45) is 0 Å².